The van der Waals surface area contributed by atoms with E-state index in [9.17, 15) is 53.1 Å². The number of carbonyl (C=O) groups is 1. The van der Waals surface area contributed by atoms with Crippen LogP contribution in [0.2, 0.25) is 0 Å². The molecule has 0 N–H and O–H groups in total. The predicted molar refractivity (Wildman–Crippen MR) is 55.7 cm³/mol. The molecule has 25 heavy (non-hydrogen) atoms. The van der Waals surface area contributed by atoms with Gasteiger partial charge in [0.25, 0.3) is 0 Å². The molecule has 0 aliphatic heterocycles. The molecule has 0 unspecified atom stereocenters. The maximum Gasteiger partial charge on any atom is 0.384 e. The number of hydrogen-bond donors (Lipinski definition) is 0. The Bertz CT molecular complexity index is 527. The summed E-state index contributed by atoms with van der Waals surface area (Å²) in [6.45, 7) is 0.744. The maximum absolute atomic E-state index is 14.0. The number of alkyl halides is 11. The van der Waals surface area contributed by atoms with Crippen LogP contribution in [-0.4, -0.2) is 54.5 Å². The van der Waals surface area contributed by atoms with E-state index >= 15 is 0 Å². The Morgan fingerprint density at radius 2 is 1.08 bits per heavy atom. The second-order valence-electron chi connectivity index (χ2n) is 4.70. The Kier molecular flexibility index (Phi) is 4.79. The van der Waals surface area contributed by atoms with E-state index in [4.69, 9.17) is 0 Å². The van der Waals surface area contributed by atoms with E-state index in [2.05, 4.69) is 16.1 Å². The average molecular weight is 396 g/mol. The third-order valence-electron chi connectivity index (χ3n) is 3.28. The standard InChI is InChI=1S/C11H7F11O3/c1-2-24-3-4-25-5(23)6(12)7(13,14)9(17,18)11(21,22)10(19,20)8(6,15)16/h2H,1,3-4H2. The first kappa shape index (κ1) is 21.3. The first-order valence-electron chi connectivity index (χ1n) is 5.96. The number of carbonyl (C=O) groups excluding carboxylic acids is 1. The zero-order valence-corrected chi connectivity index (χ0v) is 11.6. The van der Waals surface area contributed by atoms with Gasteiger partial charge in [-0.3, -0.25) is 0 Å². The van der Waals surface area contributed by atoms with Crippen molar-refractivity contribution in [2.75, 3.05) is 13.2 Å². The molecule has 1 rings (SSSR count). The van der Waals surface area contributed by atoms with Crippen LogP contribution >= 0.6 is 0 Å². The molecule has 0 aromatic heterocycles. The van der Waals surface area contributed by atoms with Crippen LogP contribution in [0.15, 0.2) is 12.8 Å². The van der Waals surface area contributed by atoms with E-state index in [1.54, 1.807) is 0 Å². The maximum atomic E-state index is 14.0. The Labute approximate surface area is 131 Å². The lowest BCUT2D eigenvalue weighted by molar-refractivity contribution is -0.478. The fourth-order valence-electron chi connectivity index (χ4n) is 1.84. The molecule has 1 aliphatic rings. The highest BCUT2D eigenvalue weighted by atomic mass is 19.4. The van der Waals surface area contributed by atoms with E-state index in [1.807, 2.05) is 0 Å². The van der Waals surface area contributed by atoms with Crippen LogP contribution in [0.3, 0.4) is 0 Å². The van der Waals surface area contributed by atoms with Crippen molar-refractivity contribution in [3.05, 3.63) is 12.8 Å². The van der Waals surface area contributed by atoms with Gasteiger partial charge in [0.2, 0.25) is 0 Å². The minimum absolute atomic E-state index is 0.645. The molecule has 0 atom stereocenters. The molecule has 0 aromatic rings. The molecule has 0 bridgehead atoms. The quantitative estimate of drug-likeness (QED) is 0.309. The highest BCUT2D eigenvalue weighted by Gasteiger charge is 3.03. The predicted octanol–water partition coefficient (Wildman–Crippen LogP) is 3.59. The summed E-state index contributed by atoms with van der Waals surface area (Å²) in [5, 5.41) is 0. The first-order chi connectivity index (χ1) is 11.0. The molecule has 0 saturated heterocycles. The Hall–Kier alpha value is -1.76. The van der Waals surface area contributed by atoms with Crippen LogP contribution in [0.4, 0.5) is 48.3 Å². The second-order valence-corrected chi connectivity index (χ2v) is 4.70. The van der Waals surface area contributed by atoms with Crippen molar-refractivity contribution in [1.29, 1.82) is 0 Å². The molecule has 3 nitrogen and oxygen atoms in total. The van der Waals surface area contributed by atoms with Crippen LogP contribution < -0.4 is 0 Å². The van der Waals surface area contributed by atoms with Gasteiger partial charge in [0.15, 0.2) is 0 Å². The lowest BCUT2D eigenvalue weighted by atomic mass is 9.72. The lowest BCUT2D eigenvalue weighted by Gasteiger charge is -2.50. The van der Waals surface area contributed by atoms with Crippen molar-refractivity contribution in [3.8, 4) is 0 Å². The minimum atomic E-state index is -7.38. The van der Waals surface area contributed by atoms with Gasteiger partial charge in [-0.1, -0.05) is 6.58 Å². The monoisotopic (exact) mass is 396 g/mol. The van der Waals surface area contributed by atoms with Gasteiger partial charge in [0.05, 0.1) is 6.26 Å². The summed E-state index contributed by atoms with van der Waals surface area (Å²) in [5.74, 6) is -40.2. The smallest absolute Gasteiger partial charge is 0.384 e. The Morgan fingerprint density at radius 1 is 0.720 bits per heavy atom. The highest BCUT2D eigenvalue weighted by Crippen LogP contribution is 2.69. The van der Waals surface area contributed by atoms with Gasteiger partial charge in [0.1, 0.15) is 13.2 Å². The number of ether oxygens (including phenoxy) is 2. The number of rotatable bonds is 5. The molecular formula is C11H7F11O3. The van der Waals surface area contributed by atoms with E-state index in [1.165, 1.54) is 0 Å². The van der Waals surface area contributed by atoms with Crippen molar-refractivity contribution in [1.82, 2.24) is 0 Å². The summed E-state index contributed by atoms with van der Waals surface area (Å²) in [7, 11) is 0. The first-order valence-corrected chi connectivity index (χ1v) is 5.96. The Balaban J connectivity index is 3.50. The molecule has 146 valence electrons. The summed E-state index contributed by atoms with van der Waals surface area (Å²) in [6, 6.07) is 0. The van der Waals surface area contributed by atoms with Gasteiger partial charge in [-0.2, -0.15) is 43.9 Å². The summed E-state index contributed by atoms with van der Waals surface area (Å²) in [6.07, 6.45) is 0.645. The van der Waals surface area contributed by atoms with E-state index in [0.717, 1.165) is 0 Å². The molecule has 0 aromatic carbocycles. The minimum Gasteiger partial charge on any atom is -0.498 e. The van der Waals surface area contributed by atoms with Crippen molar-refractivity contribution < 1.29 is 62.6 Å². The van der Waals surface area contributed by atoms with E-state index in [0.29, 0.717) is 6.26 Å². The Morgan fingerprint density at radius 3 is 1.44 bits per heavy atom. The second kappa shape index (κ2) is 5.62. The topological polar surface area (TPSA) is 35.5 Å². The van der Waals surface area contributed by atoms with E-state index in [-0.39, 0.29) is 0 Å². The highest BCUT2D eigenvalue weighted by molar-refractivity contribution is 5.84. The summed E-state index contributed by atoms with van der Waals surface area (Å²) >= 11 is 0. The van der Waals surface area contributed by atoms with Crippen molar-refractivity contribution in [2.45, 2.75) is 35.3 Å². The zero-order chi connectivity index (χ0) is 20.1. The summed E-state index contributed by atoms with van der Waals surface area (Å²) in [4.78, 5) is 11.2. The zero-order valence-electron chi connectivity index (χ0n) is 11.6. The summed E-state index contributed by atoms with van der Waals surface area (Å²) in [5.41, 5.74) is -6.79. The molecule has 1 saturated carbocycles. The van der Waals surface area contributed by atoms with Crippen LogP contribution in [-0.2, 0) is 14.3 Å². The number of halogens is 11. The molecule has 1 aliphatic carbocycles. The fraction of sp³-hybridized carbons (Fsp3) is 0.727. The average Bonchev–Trinajstić information content (AvgIpc) is 2.48. The van der Waals surface area contributed by atoms with Crippen LogP contribution in [0, 0.1) is 0 Å². The van der Waals surface area contributed by atoms with E-state index < -0.39 is 54.5 Å². The van der Waals surface area contributed by atoms with Crippen molar-refractivity contribution >= 4 is 5.97 Å². The van der Waals surface area contributed by atoms with Crippen LogP contribution in [0.1, 0.15) is 0 Å². The number of esters is 1. The third-order valence-corrected chi connectivity index (χ3v) is 3.28. The SMILES string of the molecule is C=COCCOC(=O)C1(F)C(F)(F)C(F)(F)C(F)(F)C(F)(F)C1(F)F. The fourth-order valence-corrected chi connectivity index (χ4v) is 1.84. The largest absolute Gasteiger partial charge is 0.498 e. The van der Waals surface area contributed by atoms with Gasteiger partial charge in [-0.25, -0.2) is 9.18 Å². The molecule has 0 amide bonds. The molecule has 0 heterocycles. The van der Waals surface area contributed by atoms with Gasteiger partial charge in [-0.15, -0.1) is 0 Å². The van der Waals surface area contributed by atoms with Gasteiger partial charge < -0.3 is 9.47 Å². The molecular weight excluding hydrogens is 389 g/mol. The molecule has 14 heteroatoms. The normalized spacial score (nSPS) is 27.2. The van der Waals surface area contributed by atoms with Crippen LogP contribution in [0.25, 0.3) is 0 Å². The van der Waals surface area contributed by atoms with Crippen molar-refractivity contribution in [3.63, 3.8) is 0 Å². The lowest BCUT2D eigenvalue weighted by Crippen LogP contribution is -2.85. The third kappa shape index (κ3) is 2.21. The van der Waals surface area contributed by atoms with Crippen molar-refractivity contribution in [2.24, 2.45) is 0 Å². The number of hydrogen-bond acceptors (Lipinski definition) is 3. The molecule has 1 fully saturated rings. The molecule has 0 radical (unpaired) electrons. The van der Waals surface area contributed by atoms with Crippen LogP contribution in [0.5, 0.6) is 0 Å². The van der Waals surface area contributed by atoms with Gasteiger partial charge in [0, 0.05) is 0 Å². The summed E-state index contributed by atoms with van der Waals surface area (Å²) < 4.78 is 154. The van der Waals surface area contributed by atoms with Gasteiger partial charge in [-0.05, 0) is 0 Å². The van der Waals surface area contributed by atoms with Gasteiger partial charge >= 0.3 is 41.3 Å². The molecule has 0 spiro atoms.